The fourth-order valence-electron chi connectivity index (χ4n) is 1.62. The quantitative estimate of drug-likeness (QED) is 0.726. The van der Waals surface area contributed by atoms with Gasteiger partial charge in [-0.1, -0.05) is 5.92 Å². The van der Waals surface area contributed by atoms with E-state index in [1.165, 1.54) is 6.07 Å². The number of anilines is 1. The van der Waals surface area contributed by atoms with E-state index in [0.29, 0.717) is 11.0 Å². The molecule has 0 bridgehead atoms. The molecule has 7 heteroatoms. The van der Waals surface area contributed by atoms with Crippen molar-refractivity contribution in [3.8, 4) is 24.2 Å². The van der Waals surface area contributed by atoms with Gasteiger partial charge >= 0.3 is 12.0 Å². The van der Waals surface area contributed by atoms with Crippen molar-refractivity contribution in [1.29, 1.82) is 5.26 Å². The van der Waals surface area contributed by atoms with Gasteiger partial charge in [0.15, 0.2) is 5.75 Å². The first-order valence-corrected chi connectivity index (χ1v) is 4.96. The van der Waals surface area contributed by atoms with Crippen LogP contribution in [0.4, 0.5) is 18.9 Å². The van der Waals surface area contributed by atoms with E-state index >= 15 is 0 Å². The third-order valence-corrected chi connectivity index (χ3v) is 2.44. The van der Waals surface area contributed by atoms with E-state index < -0.39 is 35.7 Å². The Morgan fingerprint density at radius 1 is 1.47 bits per heavy atom. The molecular formula is C12H5F3N2O2. The standard InChI is InChI=1S/C12H5F3N2O2/c1-2-3-17-9-4-7(6-16)8(13)5-10(9)19-12(14,15)11(17)18/h1,4-5H,3H2. The molecule has 0 saturated heterocycles. The monoisotopic (exact) mass is 266 g/mol. The fourth-order valence-corrected chi connectivity index (χ4v) is 1.62. The Labute approximate surface area is 106 Å². The van der Waals surface area contributed by atoms with E-state index in [0.717, 1.165) is 6.07 Å². The van der Waals surface area contributed by atoms with Crippen LogP contribution in [0.2, 0.25) is 0 Å². The number of carbonyl (C=O) groups is 1. The van der Waals surface area contributed by atoms with E-state index in [2.05, 4.69) is 4.74 Å². The fraction of sp³-hybridized carbons (Fsp3) is 0.167. The Bertz CT molecular complexity index is 644. The van der Waals surface area contributed by atoms with Crippen LogP contribution in [-0.4, -0.2) is 18.6 Å². The Morgan fingerprint density at radius 3 is 2.74 bits per heavy atom. The molecule has 1 aromatic carbocycles. The number of fused-ring (bicyclic) bond motifs is 1. The van der Waals surface area contributed by atoms with Crippen LogP contribution in [0, 0.1) is 29.5 Å². The van der Waals surface area contributed by atoms with Gasteiger partial charge in [-0.3, -0.25) is 9.69 Å². The second-order valence-corrected chi connectivity index (χ2v) is 3.63. The summed E-state index contributed by atoms with van der Waals surface area (Å²) in [5.41, 5.74) is -0.561. The highest BCUT2D eigenvalue weighted by Gasteiger charge is 2.50. The predicted molar refractivity (Wildman–Crippen MR) is 57.9 cm³/mol. The Kier molecular flexibility index (Phi) is 2.83. The Morgan fingerprint density at radius 2 is 2.16 bits per heavy atom. The van der Waals surface area contributed by atoms with Gasteiger partial charge in [0.1, 0.15) is 11.9 Å². The largest absolute Gasteiger partial charge is 0.483 e. The summed E-state index contributed by atoms with van der Waals surface area (Å²) in [5, 5.41) is 8.68. The van der Waals surface area contributed by atoms with Gasteiger partial charge in [-0.2, -0.15) is 14.0 Å². The van der Waals surface area contributed by atoms with Crippen LogP contribution in [0.15, 0.2) is 12.1 Å². The molecule has 96 valence electrons. The molecule has 1 aliphatic heterocycles. The summed E-state index contributed by atoms with van der Waals surface area (Å²) in [6, 6.07) is 3.10. The zero-order valence-corrected chi connectivity index (χ0v) is 9.28. The molecule has 1 aromatic rings. The molecule has 0 unspecified atom stereocenters. The number of nitriles is 1. The van der Waals surface area contributed by atoms with E-state index in [9.17, 15) is 18.0 Å². The molecule has 19 heavy (non-hydrogen) atoms. The molecule has 0 atom stereocenters. The lowest BCUT2D eigenvalue weighted by Crippen LogP contribution is -2.51. The van der Waals surface area contributed by atoms with Crippen molar-refractivity contribution >= 4 is 11.6 Å². The molecule has 1 amide bonds. The number of alkyl halides is 2. The molecule has 0 radical (unpaired) electrons. The van der Waals surface area contributed by atoms with Crippen LogP contribution in [0.1, 0.15) is 5.56 Å². The molecule has 0 fully saturated rings. The lowest BCUT2D eigenvalue weighted by atomic mass is 10.1. The van der Waals surface area contributed by atoms with Crippen LogP contribution in [0.5, 0.6) is 5.75 Å². The highest BCUT2D eigenvalue weighted by Crippen LogP contribution is 2.40. The minimum atomic E-state index is -4.12. The average molecular weight is 266 g/mol. The SMILES string of the molecule is C#CCN1C(=O)C(F)(F)Oc2cc(F)c(C#N)cc21. The van der Waals surface area contributed by atoms with Gasteiger partial charge in [-0.25, -0.2) is 4.39 Å². The summed E-state index contributed by atoms with van der Waals surface area (Å²) in [4.78, 5) is 12.0. The third-order valence-electron chi connectivity index (χ3n) is 2.44. The number of hydrogen-bond donors (Lipinski definition) is 0. The van der Waals surface area contributed by atoms with Crippen LogP contribution >= 0.6 is 0 Å². The number of nitrogens with zero attached hydrogens (tertiary/aromatic N) is 2. The van der Waals surface area contributed by atoms with E-state index in [1.54, 1.807) is 0 Å². The zero-order valence-electron chi connectivity index (χ0n) is 9.28. The predicted octanol–water partition coefficient (Wildman–Crippen LogP) is 1.65. The second kappa shape index (κ2) is 4.21. The van der Waals surface area contributed by atoms with Gasteiger partial charge in [-0.05, 0) is 6.07 Å². The molecule has 4 nitrogen and oxygen atoms in total. The zero-order chi connectivity index (χ0) is 14.2. The average Bonchev–Trinajstić information content (AvgIpc) is 2.34. The van der Waals surface area contributed by atoms with Crippen molar-refractivity contribution in [2.75, 3.05) is 11.4 Å². The molecule has 0 spiro atoms. The van der Waals surface area contributed by atoms with Crippen molar-refractivity contribution in [1.82, 2.24) is 0 Å². The molecule has 1 heterocycles. The van der Waals surface area contributed by atoms with Crippen LogP contribution in [0.3, 0.4) is 0 Å². The summed E-state index contributed by atoms with van der Waals surface area (Å²) in [7, 11) is 0. The normalized spacial score (nSPS) is 16.1. The van der Waals surface area contributed by atoms with Crippen LogP contribution < -0.4 is 9.64 Å². The van der Waals surface area contributed by atoms with E-state index in [1.807, 2.05) is 5.92 Å². The minimum Gasteiger partial charge on any atom is -0.423 e. The van der Waals surface area contributed by atoms with Crippen molar-refractivity contribution in [3.05, 3.63) is 23.5 Å². The number of benzene rings is 1. The van der Waals surface area contributed by atoms with Gasteiger partial charge < -0.3 is 4.74 Å². The first kappa shape index (κ1) is 12.8. The number of carbonyl (C=O) groups excluding carboxylic acids is 1. The molecule has 0 aromatic heterocycles. The first-order chi connectivity index (χ1) is 8.90. The van der Waals surface area contributed by atoms with Crippen molar-refractivity contribution in [2.24, 2.45) is 0 Å². The molecule has 1 aliphatic rings. The summed E-state index contributed by atoms with van der Waals surface area (Å²) >= 11 is 0. The number of rotatable bonds is 1. The van der Waals surface area contributed by atoms with Gasteiger partial charge in [0, 0.05) is 6.07 Å². The highest BCUT2D eigenvalue weighted by molar-refractivity contribution is 6.01. The molecular weight excluding hydrogens is 261 g/mol. The van der Waals surface area contributed by atoms with Crippen molar-refractivity contribution in [2.45, 2.75) is 6.11 Å². The first-order valence-electron chi connectivity index (χ1n) is 4.96. The summed E-state index contributed by atoms with van der Waals surface area (Å²) in [5.74, 6) is -1.19. The topological polar surface area (TPSA) is 53.3 Å². The number of ether oxygens (including phenoxy) is 1. The number of amides is 1. The van der Waals surface area contributed by atoms with Gasteiger partial charge in [0.25, 0.3) is 0 Å². The van der Waals surface area contributed by atoms with E-state index in [4.69, 9.17) is 11.7 Å². The number of halogens is 3. The maximum Gasteiger partial charge on any atom is 0.483 e. The lowest BCUT2D eigenvalue weighted by Gasteiger charge is -2.32. The Hall–Kier alpha value is -2.67. The second-order valence-electron chi connectivity index (χ2n) is 3.63. The molecule has 0 saturated carbocycles. The lowest BCUT2D eigenvalue weighted by molar-refractivity contribution is -0.192. The Balaban J connectivity index is 2.64. The minimum absolute atomic E-state index is 0.160. The van der Waals surface area contributed by atoms with Gasteiger partial charge in [0.05, 0.1) is 17.8 Å². The van der Waals surface area contributed by atoms with Gasteiger partial charge in [-0.15, -0.1) is 6.42 Å². The van der Waals surface area contributed by atoms with E-state index in [-0.39, 0.29) is 5.69 Å². The number of terminal acetylenes is 1. The van der Waals surface area contributed by atoms with Gasteiger partial charge in [0.2, 0.25) is 0 Å². The van der Waals surface area contributed by atoms with Crippen LogP contribution in [-0.2, 0) is 4.79 Å². The third kappa shape index (κ3) is 1.95. The maximum absolute atomic E-state index is 13.3. The maximum atomic E-state index is 13.3. The molecule has 0 N–H and O–H groups in total. The van der Waals surface area contributed by atoms with Crippen LogP contribution in [0.25, 0.3) is 0 Å². The number of hydrogen-bond acceptors (Lipinski definition) is 3. The molecule has 0 aliphatic carbocycles. The highest BCUT2D eigenvalue weighted by atomic mass is 19.3. The summed E-state index contributed by atoms with van der Waals surface area (Å²) in [6.07, 6.45) is 0.878. The molecule has 2 rings (SSSR count). The summed E-state index contributed by atoms with van der Waals surface area (Å²) in [6.45, 7) is -0.443. The smallest absolute Gasteiger partial charge is 0.423 e. The summed E-state index contributed by atoms with van der Waals surface area (Å²) < 4.78 is 44.1. The van der Waals surface area contributed by atoms with Crippen molar-refractivity contribution < 1.29 is 22.7 Å². The van der Waals surface area contributed by atoms with Crippen molar-refractivity contribution in [3.63, 3.8) is 0 Å².